The maximum absolute atomic E-state index is 12.6. The van der Waals surface area contributed by atoms with Crippen LogP contribution < -0.4 is 0 Å². The van der Waals surface area contributed by atoms with Crippen molar-refractivity contribution in [3.63, 3.8) is 0 Å². The highest BCUT2D eigenvalue weighted by Crippen LogP contribution is 2.43. The largest absolute Gasteiger partial charge is 0.472 e. The van der Waals surface area contributed by atoms with Gasteiger partial charge in [0.05, 0.1) is 19.8 Å². The molecule has 3 N–H and O–H groups in total. The molecule has 0 fully saturated rings. The molecule has 0 aliphatic rings. The Labute approximate surface area is 359 Å². The Hall–Kier alpha value is -2.33. The summed E-state index contributed by atoms with van der Waals surface area (Å²) in [7, 11) is -4.64. The maximum Gasteiger partial charge on any atom is 0.472 e. The molecule has 59 heavy (non-hydrogen) atoms. The van der Waals surface area contributed by atoms with Crippen LogP contribution in [0.25, 0.3) is 0 Å². The van der Waals surface area contributed by atoms with Crippen LogP contribution in [0.1, 0.15) is 194 Å². The van der Waals surface area contributed by atoms with Gasteiger partial charge in [-0.05, 0) is 51.4 Å². The number of unbranched alkanes of at least 4 members (excludes halogenated alkanes) is 19. The van der Waals surface area contributed by atoms with Crippen molar-refractivity contribution in [1.29, 1.82) is 0 Å². The van der Waals surface area contributed by atoms with E-state index in [1.54, 1.807) is 0 Å². The molecule has 0 aliphatic heterocycles. The van der Waals surface area contributed by atoms with Crippen molar-refractivity contribution in [2.75, 3.05) is 26.4 Å². The summed E-state index contributed by atoms with van der Waals surface area (Å²) in [6, 6.07) is 0. The zero-order valence-electron chi connectivity index (χ0n) is 37.2. The standard InChI is InChI=1S/C48H85O10P/c1-3-5-7-9-11-13-15-17-19-21-22-24-25-27-29-31-33-35-37-39-47(51)55-43-46(44-57-59(53,54)56-42-45(50)41-49)58-48(52)40-38-36-34-32-30-28-26-23-20-18-16-14-12-10-8-6-4-2/h6,8,12,14,18,20,26,28,32,34,45-46,49-50H,3-5,7,9-11,13,15-17,19,21-25,27,29-31,33,35-44H2,1-2H3,(H,53,54)/b8-6-,14-12-,20-18-,28-26-,34-32-/t45-,46+/m0/s1. The van der Waals surface area contributed by atoms with Crippen molar-refractivity contribution in [3.05, 3.63) is 60.8 Å². The van der Waals surface area contributed by atoms with Crippen molar-refractivity contribution in [2.45, 2.75) is 206 Å². The monoisotopic (exact) mass is 853 g/mol. The number of carbonyl (C=O) groups excluding carboxylic acids is 2. The molecule has 0 amide bonds. The van der Waals surface area contributed by atoms with Crippen molar-refractivity contribution in [2.24, 2.45) is 0 Å². The molecular formula is C48H85O10P. The quantitative estimate of drug-likeness (QED) is 0.0234. The number of hydrogen-bond acceptors (Lipinski definition) is 9. The first kappa shape index (κ1) is 56.7. The molecule has 0 bridgehead atoms. The lowest BCUT2D eigenvalue weighted by Gasteiger charge is -2.20. The lowest BCUT2D eigenvalue weighted by molar-refractivity contribution is -0.161. The second-order valence-corrected chi connectivity index (χ2v) is 16.9. The number of hydrogen-bond donors (Lipinski definition) is 3. The average Bonchev–Trinajstić information content (AvgIpc) is 3.22. The summed E-state index contributed by atoms with van der Waals surface area (Å²) in [4.78, 5) is 35.0. The van der Waals surface area contributed by atoms with Gasteiger partial charge in [-0.3, -0.25) is 18.6 Å². The van der Waals surface area contributed by atoms with Crippen molar-refractivity contribution >= 4 is 19.8 Å². The number of aliphatic hydroxyl groups is 2. The molecule has 0 saturated carbocycles. The Morgan fingerprint density at radius 3 is 1.39 bits per heavy atom. The Bertz CT molecular complexity index is 1160. The molecule has 342 valence electrons. The minimum absolute atomic E-state index is 0.105. The molecule has 11 heteroatoms. The molecule has 0 spiro atoms. The summed E-state index contributed by atoms with van der Waals surface area (Å²) >= 11 is 0. The van der Waals surface area contributed by atoms with Crippen LogP contribution in [-0.4, -0.2) is 65.7 Å². The molecule has 0 radical (unpaired) electrons. The van der Waals surface area contributed by atoms with E-state index in [9.17, 15) is 24.2 Å². The third-order valence-corrected chi connectivity index (χ3v) is 10.6. The number of aliphatic hydroxyl groups excluding tert-OH is 2. The van der Waals surface area contributed by atoms with Crippen LogP contribution >= 0.6 is 7.82 Å². The first-order chi connectivity index (χ1) is 28.7. The molecular weight excluding hydrogens is 767 g/mol. The van der Waals surface area contributed by atoms with Gasteiger partial charge in [-0.15, -0.1) is 0 Å². The number of phosphoric ester groups is 1. The summed E-state index contributed by atoms with van der Waals surface area (Å²) in [5.41, 5.74) is 0. The molecule has 1 unspecified atom stereocenters. The lowest BCUT2D eigenvalue weighted by atomic mass is 10.0. The first-order valence-corrected chi connectivity index (χ1v) is 24.7. The number of esters is 2. The number of ether oxygens (including phenoxy) is 2. The summed E-state index contributed by atoms with van der Waals surface area (Å²) < 4.78 is 32.7. The first-order valence-electron chi connectivity index (χ1n) is 23.2. The van der Waals surface area contributed by atoms with Crippen LogP contribution in [0.3, 0.4) is 0 Å². The number of allylic oxidation sites excluding steroid dienone is 10. The molecule has 0 saturated heterocycles. The van der Waals surface area contributed by atoms with E-state index >= 15 is 0 Å². The number of carbonyl (C=O) groups is 2. The Morgan fingerprint density at radius 2 is 0.932 bits per heavy atom. The lowest BCUT2D eigenvalue weighted by Crippen LogP contribution is -2.29. The fourth-order valence-corrected chi connectivity index (χ4v) is 6.94. The van der Waals surface area contributed by atoms with Crippen LogP contribution in [0.15, 0.2) is 60.8 Å². The zero-order chi connectivity index (χ0) is 43.3. The van der Waals surface area contributed by atoms with Gasteiger partial charge in [0, 0.05) is 12.8 Å². The van der Waals surface area contributed by atoms with Crippen LogP contribution in [0.2, 0.25) is 0 Å². The van der Waals surface area contributed by atoms with E-state index in [2.05, 4.69) is 67.0 Å². The van der Waals surface area contributed by atoms with E-state index < -0.39 is 51.8 Å². The van der Waals surface area contributed by atoms with Gasteiger partial charge < -0.3 is 24.6 Å². The summed E-state index contributed by atoms with van der Waals surface area (Å²) in [5.74, 6) is -0.990. The van der Waals surface area contributed by atoms with Crippen LogP contribution in [0, 0.1) is 0 Å². The molecule has 0 aromatic heterocycles. The van der Waals surface area contributed by atoms with Crippen molar-refractivity contribution < 1.29 is 47.8 Å². The van der Waals surface area contributed by atoms with E-state index in [-0.39, 0.29) is 19.4 Å². The summed E-state index contributed by atoms with van der Waals surface area (Å²) in [6.45, 7) is 2.22. The second-order valence-electron chi connectivity index (χ2n) is 15.4. The molecule has 0 aliphatic carbocycles. The van der Waals surface area contributed by atoms with Gasteiger partial charge >= 0.3 is 19.8 Å². The third kappa shape index (κ3) is 43.6. The van der Waals surface area contributed by atoms with Crippen LogP contribution in [0.4, 0.5) is 0 Å². The zero-order valence-corrected chi connectivity index (χ0v) is 38.1. The maximum atomic E-state index is 12.6. The van der Waals surface area contributed by atoms with Gasteiger partial charge in [-0.25, -0.2) is 4.57 Å². The molecule has 10 nitrogen and oxygen atoms in total. The average molecular weight is 853 g/mol. The van der Waals surface area contributed by atoms with E-state index in [1.165, 1.54) is 96.3 Å². The smallest absolute Gasteiger partial charge is 0.462 e. The predicted octanol–water partition coefficient (Wildman–Crippen LogP) is 12.7. The summed E-state index contributed by atoms with van der Waals surface area (Å²) in [5, 5.41) is 18.4. The predicted molar refractivity (Wildman–Crippen MR) is 242 cm³/mol. The Morgan fingerprint density at radius 1 is 0.525 bits per heavy atom. The molecule has 0 aromatic rings. The third-order valence-electron chi connectivity index (χ3n) is 9.69. The molecule has 0 aromatic carbocycles. The highest BCUT2D eigenvalue weighted by Gasteiger charge is 2.27. The normalized spacial score (nSPS) is 14.3. The molecule has 0 heterocycles. The van der Waals surface area contributed by atoms with E-state index in [0.717, 1.165) is 51.4 Å². The highest BCUT2D eigenvalue weighted by molar-refractivity contribution is 7.47. The Balaban J connectivity index is 4.31. The van der Waals surface area contributed by atoms with Crippen LogP contribution in [0.5, 0.6) is 0 Å². The topological polar surface area (TPSA) is 149 Å². The van der Waals surface area contributed by atoms with Gasteiger partial charge in [-0.1, -0.05) is 190 Å². The van der Waals surface area contributed by atoms with Gasteiger partial charge in [0.2, 0.25) is 0 Å². The molecule has 0 rings (SSSR count). The van der Waals surface area contributed by atoms with Gasteiger partial charge in [-0.2, -0.15) is 0 Å². The van der Waals surface area contributed by atoms with Crippen LogP contribution in [-0.2, 0) is 32.7 Å². The van der Waals surface area contributed by atoms with Gasteiger partial charge in [0.15, 0.2) is 6.10 Å². The number of phosphoric acid groups is 1. The minimum Gasteiger partial charge on any atom is -0.462 e. The van der Waals surface area contributed by atoms with E-state index in [1.807, 2.05) is 12.2 Å². The fourth-order valence-electron chi connectivity index (χ4n) is 6.15. The van der Waals surface area contributed by atoms with Gasteiger partial charge in [0.1, 0.15) is 12.7 Å². The Kier molecular flexibility index (Phi) is 42.0. The van der Waals surface area contributed by atoms with Crippen molar-refractivity contribution in [1.82, 2.24) is 0 Å². The SMILES string of the molecule is CC/C=C\C/C=C\C/C=C\C/C=C\C/C=C\CCCC(=O)O[C@H](COC(=O)CCCCCCCCCCCCCCCCCCCCC)COP(=O)(O)OC[C@@H](O)CO. The molecule has 3 atom stereocenters. The fraction of sp³-hybridized carbons (Fsp3) is 0.750. The van der Waals surface area contributed by atoms with E-state index in [4.69, 9.17) is 19.1 Å². The van der Waals surface area contributed by atoms with E-state index in [0.29, 0.717) is 19.3 Å². The van der Waals surface area contributed by atoms with Gasteiger partial charge in [0.25, 0.3) is 0 Å². The minimum atomic E-state index is -4.64. The highest BCUT2D eigenvalue weighted by atomic mass is 31.2. The second kappa shape index (κ2) is 43.7. The summed E-state index contributed by atoms with van der Waals surface area (Å²) in [6.07, 6.45) is 49.1. The number of rotatable bonds is 43. The van der Waals surface area contributed by atoms with Crippen molar-refractivity contribution in [3.8, 4) is 0 Å².